The van der Waals surface area contributed by atoms with Crippen molar-refractivity contribution in [1.82, 2.24) is 0 Å². The number of nitrogens with one attached hydrogen (secondary N) is 2. The van der Waals surface area contributed by atoms with E-state index in [1.807, 2.05) is 0 Å². The van der Waals surface area contributed by atoms with Crippen LogP contribution in [0.3, 0.4) is 0 Å². The first-order valence-corrected chi connectivity index (χ1v) is 13.0. The number of ketones is 1. The molecule has 0 radical (unpaired) electrons. The van der Waals surface area contributed by atoms with Crippen LogP contribution in [0.25, 0.3) is 0 Å². The van der Waals surface area contributed by atoms with E-state index in [2.05, 4.69) is 10.6 Å². The summed E-state index contributed by atoms with van der Waals surface area (Å²) in [4.78, 5) is 37.3. The number of hydrogen-bond acceptors (Lipinski definition) is 3. The molecule has 4 rings (SSSR count). The predicted molar refractivity (Wildman–Crippen MR) is 146 cm³/mol. The molecule has 0 aliphatic heterocycles. The van der Waals surface area contributed by atoms with Gasteiger partial charge in [-0.1, -0.05) is 41.4 Å². The third kappa shape index (κ3) is 6.38. The Bertz CT molecular complexity index is 1510. The van der Waals surface area contributed by atoms with Gasteiger partial charge in [-0.15, -0.1) is 23.2 Å². The second kappa shape index (κ2) is 11.2. The average Bonchev–Trinajstić information content (AvgIpc) is 3.43. The Morgan fingerprint density at radius 1 is 0.925 bits per heavy atom. The highest BCUT2D eigenvalue weighted by molar-refractivity contribution is 6.53. The summed E-state index contributed by atoms with van der Waals surface area (Å²) in [6.07, 6.45) is -5.25. The van der Waals surface area contributed by atoms with E-state index in [9.17, 15) is 31.9 Å². The number of halogens is 8. The molecule has 1 saturated carbocycles. The van der Waals surface area contributed by atoms with Crippen LogP contribution in [0.4, 0.5) is 28.9 Å². The van der Waals surface area contributed by atoms with Gasteiger partial charge in [0.2, 0.25) is 11.8 Å². The Labute approximate surface area is 245 Å². The molecule has 0 heterocycles. The first-order valence-electron chi connectivity index (χ1n) is 11.5. The molecule has 1 fully saturated rings. The normalized spacial score (nSPS) is 17.7. The Kier molecular flexibility index (Phi) is 8.43. The lowest BCUT2D eigenvalue weighted by molar-refractivity contribution is -0.137. The molecule has 40 heavy (non-hydrogen) atoms. The number of hydrogen-bond donors (Lipinski definition) is 2. The van der Waals surface area contributed by atoms with E-state index in [1.54, 1.807) is 0 Å². The smallest absolute Gasteiger partial charge is 0.326 e. The van der Waals surface area contributed by atoms with Crippen LogP contribution >= 0.6 is 46.4 Å². The van der Waals surface area contributed by atoms with E-state index in [-0.39, 0.29) is 23.0 Å². The Morgan fingerprint density at radius 3 is 2.15 bits per heavy atom. The molecule has 2 N–H and O–H groups in total. The topological polar surface area (TPSA) is 75.3 Å². The Morgan fingerprint density at radius 2 is 1.57 bits per heavy atom. The number of amides is 2. The Balaban J connectivity index is 1.60. The summed E-state index contributed by atoms with van der Waals surface area (Å²) in [6, 6.07) is 11.5. The van der Waals surface area contributed by atoms with E-state index >= 15 is 0 Å². The molecular formula is C27H18Cl4F4N2O3. The first-order chi connectivity index (χ1) is 18.6. The molecule has 210 valence electrons. The molecule has 2 atom stereocenters. The van der Waals surface area contributed by atoms with Gasteiger partial charge in [-0.3, -0.25) is 14.4 Å². The van der Waals surface area contributed by atoms with Crippen molar-refractivity contribution >= 4 is 75.4 Å². The van der Waals surface area contributed by atoms with Crippen molar-refractivity contribution in [3.8, 4) is 0 Å². The van der Waals surface area contributed by atoms with Gasteiger partial charge in [-0.05, 0) is 47.5 Å². The van der Waals surface area contributed by atoms with Gasteiger partial charge in [0.15, 0.2) is 5.78 Å². The van der Waals surface area contributed by atoms with Crippen LogP contribution in [0.15, 0.2) is 54.6 Å². The summed E-state index contributed by atoms with van der Waals surface area (Å²) in [6.45, 7) is 1.32. The highest BCUT2D eigenvalue weighted by Gasteiger charge is 2.67. The molecule has 2 unspecified atom stereocenters. The van der Waals surface area contributed by atoms with Crippen LogP contribution in [-0.2, 0) is 22.2 Å². The molecule has 1 aliphatic carbocycles. The van der Waals surface area contributed by atoms with E-state index in [0.717, 1.165) is 12.1 Å². The maximum atomic E-state index is 13.8. The lowest BCUT2D eigenvalue weighted by Gasteiger charge is -2.16. The summed E-state index contributed by atoms with van der Waals surface area (Å²) in [5.74, 6) is -4.48. The second-order valence-corrected chi connectivity index (χ2v) is 11.4. The van der Waals surface area contributed by atoms with Crippen molar-refractivity contribution in [3.63, 3.8) is 0 Å². The zero-order valence-electron chi connectivity index (χ0n) is 20.3. The lowest BCUT2D eigenvalue weighted by Crippen LogP contribution is -2.19. The fourth-order valence-electron chi connectivity index (χ4n) is 4.29. The number of benzene rings is 3. The van der Waals surface area contributed by atoms with Crippen LogP contribution in [-0.4, -0.2) is 21.9 Å². The number of anilines is 2. The van der Waals surface area contributed by atoms with Gasteiger partial charge >= 0.3 is 6.18 Å². The molecule has 5 nitrogen and oxygen atoms in total. The summed E-state index contributed by atoms with van der Waals surface area (Å²) in [5, 5.41) is 3.87. The molecule has 0 bridgehead atoms. The van der Waals surface area contributed by atoms with E-state index < -0.39 is 56.0 Å². The molecule has 13 heteroatoms. The Hall–Kier alpha value is -2.85. The summed E-state index contributed by atoms with van der Waals surface area (Å²) < 4.78 is 53.3. The lowest BCUT2D eigenvalue weighted by atomic mass is 9.99. The predicted octanol–water partition coefficient (Wildman–Crippen LogP) is 8.06. The summed E-state index contributed by atoms with van der Waals surface area (Å²) >= 11 is 24.4. The monoisotopic (exact) mass is 634 g/mol. The molecule has 0 spiro atoms. The van der Waals surface area contributed by atoms with Crippen LogP contribution in [0.5, 0.6) is 0 Å². The van der Waals surface area contributed by atoms with Crippen LogP contribution in [0.1, 0.15) is 39.9 Å². The van der Waals surface area contributed by atoms with Crippen molar-refractivity contribution in [3.05, 3.63) is 92.7 Å². The number of carbonyl (C=O) groups is 3. The third-order valence-electron chi connectivity index (χ3n) is 6.22. The molecule has 0 aromatic heterocycles. The fourth-order valence-corrected chi connectivity index (χ4v) is 5.63. The largest absolute Gasteiger partial charge is 0.417 e. The fraction of sp³-hybridized carbons (Fsp3) is 0.222. The number of carbonyl (C=O) groups excluding carboxylic acids is 3. The molecule has 3 aromatic rings. The molecule has 0 saturated heterocycles. The zero-order chi connectivity index (χ0) is 29.6. The van der Waals surface area contributed by atoms with Crippen molar-refractivity contribution in [1.29, 1.82) is 0 Å². The van der Waals surface area contributed by atoms with E-state index in [0.29, 0.717) is 22.9 Å². The van der Waals surface area contributed by atoms with Crippen LogP contribution < -0.4 is 10.6 Å². The van der Waals surface area contributed by atoms with Crippen LogP contribution in [0, 0.1) is 11.7 Å². The van der Waals surface area contributed by atoms with Gasteiger partial charge in [-0.2, -0.15) is 13.2 Å². The minimum atomic E-state index is -4.94. The van der Waals surface area contributed by atoms with Gasteiger partial charge < -0.3 is 10.6 Å². The SMILES string of the molecule is CC(=O)Nc1ccc(CC(=O)c2cc(NC(=O)C3C(c4ccc(F)c(Cl)c4)C3(Cl)Cl)cc(C(F)(F)F)c2Cl)cc1. The molecule has 2 amide bonds. The van der Waals surface area contributed by atoms with E-state index in [4.69, 9.17) is 46.4 Å². The van der Waals surface area contributed by atoms with Crippen LogP contribution in [0.2, 0.25) is 10.0 Å². The number of Topliss-reactive ketones (excluding diaryl/α,β-unsaturated/α-hetero) is 1. The average molecular weight is 636 g/mol. The van der Waals surface area contributed by atoms with Crippen molar-refractivity contribution in [2.45, 2.75) is 29.8 Å². The first kappa shape index (κ1) is 30.1. The molecule has 3 aromatic carbocycles. The third-order valence-corrected chi connectivity index (χ3v) is 7.86. The van der Waals surface area contributed by atoms with Crippen molar-refractivity contribution in [2.75, 3.05) is 10.6 Å². The summed E-state index contributed by atoms with van der Waals surface area (Å²) in [7, 11) is 0. The zero-order valence-corrected chi connectivity index (χ0v) is 23.3. The van der Waals surface area contributed by atoms with Gasteiger partial charge in [0.25, 0.3) is 0 Å². The highest BCUT2D eigenvalue weighted by Crippen LogP contribution is 2.65. The standard InChI is InChI=1S/C27H18Cl4F4N2O3/c1-12(38)36-15-5-2-13(3-6-15)8-21(39)17-10-16(11-18(24(17)29)27(33,34)35)37-25(40)23-22(26(23,30)31)14-4-7-20(32)19(28)9-14/h2-7,9-11,22-23H,8H2,1H3,(H,36,38)(H,37,40). The van der Waals surface area contributed by atoms with Crippen molar-refractivity contribution < 1.29 is 31.9 Å². The maximum absolute atomic E-state index is 13.8. The maximum Gasteiger partial charge on any atom is 0.417 e. The highest BCUT2D eigenvalue weighted by atomic mass is 35.5. The molecular weight excluding hydrogens is 618 g/mol. The molecule has 1 aliphatic rings. The summed E-state index contributed by atoms with van der Waals surface area (Å²) in [5.41, 5.74) is -0.842. The van der Waals surface area contributed by atoms with Gasteiger partial charge in [-0.25, -0.2) is 4.39 Å². The van der Waals surface area contributed by atoms with Gasteiger partial charge in [0, 0.05) is 36.2 Å². The quantitative estimate of drug-likeness (QED) is 0.157. The second-order valence-electron chi connectivity index (χ2n) is 9.15. The minimum absolute atomic E-state index is 0.215. The van der Waals surface area contributed by atoms with Gasteiger partial charge in [0.1, 0.15) is 10.2 Å². The van der Waals surface area contributed by atoms with E-state index in [1.165, 1.54) is 43.3 Å². The van der Waals surface area contributed by atoms with Crippen molar-refractivity contribution in [2.24, 2.45) is 5.92 Å². The number of rotatable bonds is 7. The minimum Gasteiger partial charge on any atom is -0.326 e. The number of alkyl halides is 5. The van der Waals surface area contributed by atoms with Gasteiger partial charge in [0.05, 0.1) is 21.5 Å².